The van der Waals surface area contributed by atoms with E-state index in [1.807, 2.05) is 37.8 Å². The molecule has 28 heavy (non-hydrogen) atoms. The number of carbonyl (C=O) groups is 2. The van der Waals surface area contributed by atoms with E-state index in [-0.39, 0.29) is 23.6 Å². The van der Waals surface area contributed by atoms with E-state index in [0.717, 1.165) is 50.6 Å². The maximum atomic E-state index is 12.9. The van der Waals surface area contributed by atoms with Crippen molar-refractivity contribution in [1.82, 2.24) is 9.88 Å². The Bertz CT molecular complexity index is 765. The highest BCUT2D eigenvalue weighted by molar-refractivity contribution is 5.89. The van der Waals surface area contributed by atoms with Crippen molar-refractivity contribution in [1.29, 1.82) is 0 Å². The van der Waals surface area contributed by atoms with Gasteiger partial charge in [0.15, 0.2) is 0 Å². The van der Waals surface area contributed by atoms with E-state index in [1.54, 1.807) is 11.1 Å². The molecule has 2 amide bonds. The number of amides is 2. The molecule has 1 aliphatic carbocycles. The minimum Gasteiger partial charge on any atom is -0.441 e. The Balaban J connectivity index is 1.56. The summed E-state index contributed by atoms with van der Waals surface area (Å²) in [5.74, 6) is 0.815. The molecule has 1 atom stereocenters. The first-order valence-corrected chi connectivity index (χ1v) is 10.6. The predicted molar refractivity (Wildman–Crippen MR) is 107 cm³/mol. The fraction of sp³-hybridized carbons (Fsp3) is 0.682. The van der Waals surface area contributed by atoms with Crippen LogP contribution in [-0.4, -0.2) is 40.6 Å². The van der Waals surface area contributed by atoms with Crippen LogP contribution >= 0.6 is 0 Å². The third-order valence-corrected chi connectivity index (χ3v) is 6.32. The molecule has 2 aliphatic heterocycles. The molecule has 3 aliphatic rings. The molecule has 3 heterocycles. The molecular weight excluding hydrogens is 354 g/mol. The van der Waals surface area contributed by atoms with Crippen LogP contribution in [0.25, 0.3) is 0 Å². The van der Waals surface area contributed by atoms with Crippen molar-refractivity contribution in [2.45, 2.75) is 77.4 Å². The van der Waals surface area contributed by atoms with E-state index in [0.29, 0.717) is 12.4 Å². The van der Waals surface area contributed by atoms with Crippen LogP contribution in [0.15, 0.2) is 18.3 Å². The van der Waals surface area contributed by atoms with E-state index in [1.165, 1.54) is 6.42 Å². The lowest BCUT2D eigenvalue weighted by Gasteiger charge is -2.31. The maximum absolute atomic E-state index is 12.9. The molecule has 6 nitrogen and oxygen atoms in total. The quantitative estimate of drug-likeness (QED) is 0.754. The Hall–Kier alpha value is -2.11. The third kappa shape index (κ3) is 3.49. The number of hydrogen-bond donors (Lipinski definition) is 0. The van der Waals surface area contributed by atoms with Crippen LogP contribution < -0.4 is 4.90 Å². The molecule has 152 valence electrons. The fourth-order valence-corrected chi connectivity index (χ4v) is 4.83. The number of rotatable bonds is 2. The van der Waals surface area contributed by atoms with Crippen LogP contribution in [0.3, 0.4) is 0 Å². The van der Waals surface area contributed by atoms with Crippen molar-refractivity contribution in [3.05, 3.63) is 23.9 Å². The maximum Gasteiger partial charge on any atom is 0.416 e. The molecule has 0 radical (unpaired) electrons. The van der Waals surface area contributed by atoms with Gasteiger partial charge in [-0.05, 0) is 56.2 Å². The third-order valence-electron chi connectivity index (χ3n) is 6.32. The smallest absolute Gasteiger partial charge is 0.416 e. The summed E-state index contributed by atoms with van der Waals surface area (Å²) in [4.78, 5) is 33.6. The average molecular weight is 386 g/mol. The first kappa shape index (κ1) is 19.2. The van der Waals surface area contributed by atoms with Gasteiger partial charge in [-0.2, -0.15) is 0 Å². The number of aromatic nitrogens is 1. The van der Waals surface area contributed by atoms with Gasteiger partial charge in [-0.25, -0.2) is 9.78 Å². The molecule has 1 spiro atoms. The number of likely N-dealkylation sites (tertiary alicyclic amines) is 1. The van der Waals surface area contributed by atoms with Crippen LogP contribution in [0.4, 0.5) is 10.6 Å². The Morgan fingerprint density at radius 2 is 1.96 bits per heavy atom. The zero-order valence-electron chi connectivity index (χ0n) is 17.2. The van der Waals surface area contributed by atoms with Crippen LogP contribution in [-0.2, 0) is 9.53 Å². The second-order valence-electron chi connectivity index (χ2n) is 9.55. The van der Waals surface area contributed by atoms with Crippen molar-refractivity contribution in [2.24, 2.45) is 5.41 Å². The highest BCUT2D eigenvalue weighted by Crippen LogP contribution is 2.40. The van der Waals surface area contributed by atoms with E-state index >= 15 is 0 Å². The van der Waals surface area contributed by atoms with Crippen LogP contribution in [0.2, 0.25) is 0 Å². The van der Waals surface area contributed by atoms with E-state index in [9.17, 15) is 9.59 Å². The van der Waals surface area contributed by atoms with Crippen LogP contribution in [0.5, 0.6) is 0 Å². The Morgan fingerprint density at radius 1 is 1.21 bits per heavy atom. The summed E-state index contributed by atoms with van der Waals surface area (Å²) in [6.45, 7) is 7.26. The summed E-state index contributed by atoms with van der Waals surface area (Å²) >= 11 is 0. The van der Waals surface area contributed by atoms with E-state index < -0.39 is 5.41 Å². The van der Waals surface area contributed by atoms with Crippen molar-refractivity contribution in [3.8, 4) is 0 Å². The van der Waals surface area contributed by atoms with Crippen molar-refractivity contribution in [3.63, 3.8) is 0 Å². The van der Waals surface area contributed by atoms with Gasteiger partial charge in [0.1, 0.15) is 11.4 Å². The SMILES string of the molecule is CC(C)(C)C(=O)N1CCC[C@@H]1c1ccnc(N2CC3(CCCCC3)OC2=O)c1. The molecular formula is C22H31N3O3. The lowest BCUT2D eigenvalue weighted by molar-refractivity contribution is -0.140. The summed E-state index contributed by atoms with van der Waals surface area (Å²) in [5, 5.41) is 0. The number of ether oxygens (including phenoxy) is 1. The number of nitrogens with zero attached hydrogens (tertiary/aromatic N) is 3. The predicted octanol–water partition coefficient (Wildman–Crippen LogP) is 4.45. The number of anilines is 1. The summed E-state index contributed by atoms with van der Waals surface area (Å²) in [6.07, 6.45) is 8.71. The summed E-state index contributed by atoms with van der Waals surface area (Å²) in [7, 11) is 0. The Morgan fingerprint density at radius 3 is 2.68 bits per heavy atom. The minimum absolute atomic E-state index is 0.0516. The molecule has 0 unspecified atom stereocenters. The second kappa shape index (κ2) is 7.05. The molecule has 0 N–H and O–H groups in total. The van der Waals surface area contributed by atoms with Gasteiger partial charge < -0.3 is 9.64 Å². The zero-order chi connectivity index (χ0) is 19.9. The molecule has 4 rings (SSSR count). The number of pyridine rings is 1. The van der Waals surface area contributed by atoms with Gasteiger partial charge in [-0.1, -0.05) is 27.2 Å². The lowest BCUT2D eigenvalue weighted by atomic mass is 9.85. The molecule has 1 saturated carbocycles. The van der Waals surface area contributed by atoms with Gasteiger partial charge in [0.2, 0.25) is 5.91 Å². The van der Waals surface area contributed by atoms with Gasteiger partial charge in [-0.15, -0.1) is 0 Å². The van der Waals surface area contributed by atoms with Crippen LogP contribution in [0.1, 0.15) is 77.3 Å². The topological polar surface area (TPSA) is 62.7 Å². The Labute approximate surface area is 167 Å². The summed E-state index contributed by atoms with van der Waals surface area (Å²) in [6, 6.07) is 4.00. The van der Waals surface area contributed by atoms with Crippen molar-refractivity contribution >= 4 is 17.8 Å². The molecule has 1 aromatic rings. The first-order valence-electron chi connectivity index (χ1n) is 10.6. The van der Waals surface area contributed by atoms with E-state index in [4.69, 9.17) is 4.74 Å². The highest BCUT2D eigenvalue weighted by atomic mass is 16.6. The lowest BCUT2D eigenvalue weighted by Crippen LogP contribution is -2.39. The van der Waals surface area contributed by atoms with Gasteiger partial charge in [0.05, 0.1) is 12.6 Å². The molecule has 1 aromatic heterocycles. The van der Waals surface area contributed by atoms with Crippen LogP contribution in [0, 0.1) is 5.41 Å². The van der Waals surface area contributed by atoms with Gasteiger partial charge in [0, 0.05) is 18.2 Å². The normalized spacial score (nSPS) is 24.7. The summed E-state index contributed by atoms with van der Waals surface area (Å²) in [5.41, 5.74) is 0.316. The minimum atomic E-state index is -0.398. The first-order chi connectivity index (χ1) is 13.3. The number of hydrogen-bond acceptors (Lipinski definition) is 4. The van der Waals surface area contributed by atoms with Gasteiger partial charge in [0.25, 0.3) is 0 Å². The molecule has 0 bridgehead atoms. The monoisotopic (exact) mass is 385 g/mol. The van der Waals surface area contributed by atoms with Gasteiger partial charge in [-0.3, -0.25) is 9.69 Å². The summed E-state index contributed by atoms with van der Waals surface area (Å²) < 4.78 is 5.81. The van der Waals surface area contributed by atoms with Crippen molar-refractivity contribution < 1.29 is 14.3 Å². The molecule has 2 saturated heterocycles. The van der Waals surface area contributed by atoms with Gasteiger partial charge >= 0.3 is 6.09 Å². The van der Waals surface area contributed by atoms with Crippen molar-refractivity contribution in [2.75, 3.05) is 18.0 Å². The second-order valence-corrected chi connectivity index (χ2v) is 9.55. The largest absolute Gasteiger partial charge is 0.441 e. The molecule has 3 fully saturated rings. The fourth-order valence-electron chi connectivity index (χ4n) is 4.83. The average Bonchev–Trinajstić information content (AvgIpc) is 3.26. The highest BCUT2D eigenvalue weighted by Gasteiger charge is 2.46. The standard InChI is InChI=1S/C22H31N3O3/c1-21(2,3)19(26)24-13-7-8-17(24)16-9-12-23-18(14-16)25-15-22(28-20(25)27)10-5-4-6-11-22/h9,12,14,17H,4-8,10-11,13,15H2,1-3H3/t17-/m1/s1. The zero-order valence-corrected chi connectivity index (χ0v) is 17.2. The number of carbonyl (C=O) groups excluding carboxylic acids is 2. The van der Waals surface area contributed by atoms with E-state index in [2.05, 4.69) is 4.98 Å². The molecule has 6 heteroatoms. The Kier molecular flexibility index (Phi) is 4.84. The molecule has 0 aromatic carbocycles.